The number of aryl methyl sites for hydroxylation is 1. The van der Waals surface area contributed by atoms with Gasteiger partial charge in [-0.25, -0.2) is 0 Å². The lowest BCUT2D eigenvalue weighted by Crippen LogP contribution is -2.50. The minimum Gasteiger partial charge on any atom is -0.494 e. The van der Waals surface area contributed by atoms with Gasteiger partial charge >= 0.3 is 0 Å². The van der Waals surface area contributed by atoms with E-state index in [9.17, 15) is 4.79 Å². The molecule has 22 heavy (non-hydrogen) atoms. The van der Waals surface area contributed by atoms with Crippen molar-refractivity contribution in [2.24, 2.45) is 5.92 Å². The van der Waals surface area contributed by atoms with Gasteiger partial charge in [0.2, 0.25) is 5.91 Å². The number of rotatable bonds is 6. The van der Waals surface area contributed by atoms with Crippen molar-refractivity contribution in [3.8, 4) is 5.75 Å². The van der Waals surface area contributed by atoms with E-state index in [4.69, 9.17) is 16.3 Å². The number of carbonyl (C=O) groups is 1. The molecule has 0 bridgehead atoms. The molecule has 0 spiro atoms. The van der Waals surface area contributed by atoms with Gasteiger partial charge in [0.15, 0.2) is 0 Å². The van der Waals surface area contributed by atoms with Crippen LogP contribution in [0.1, 0.15) is 31.7 Å². The molecule has 0 saturated carbocycles. The highest BCUT2D eigenvalue weighted by Gasteiger charge is 2.22. The highest BCUT2D eigenvalue weighted by Crippen LogP contribution is 2.21. The second-order valence-electron chi connectivity index (χ2n) is 6.01. The summed E-state index contributed by atoms with van der Waals surface area (Å²) in [5, 5.41) is 7.17. The molecule has 1 saturated heterocycles. The van der Waals surface area contributed by atoms with Crippen molar-refractivity contribution >= 4 is 17.5 Å². The molecule has 0 radical (unpaired) electrons. The first-order chi connectivity index (χ1) is 10.6. The topological polar surface area (TPSA) is 50.4 Å². The van der Waals surface area contributed by atoms with E-state index in [-0.39, 0.29) is 11.9 Å². The van der Waals surface area contributed by atoms with E-state index < -0.39 is 0 Å². The van der Waals surface area contributed by atoms with Crippen LogP contribution in [0.3, 0.4) is 0 Å². The second-order valence-corrected chi connectivity index (χ2v) is 6.41. The Morgan fingerprint density at radius 2 is 2.32 bits per heavy atom. The van der Waals surface area contributed by atoms with Crippen molar-refractivity contribution < 1.29 is 9.53 Å². The van der Waals surface area contributed by atoms with E-state index >= 15 is 0 Å². The van der Waals surface area contributed by atoms with Gasteiger partial charge in [-0.3, -0.25) is 4.79 Å². The Morgan fingerprint density at radius 3 is 3.05 bits per heavy atom. The van der Waals surface area contributed by atoms with Crippen LogP contribution in [0.25, 0.3) is 0 Å². The molecule has 2 atom stereocenters. The Hall–Kier alpha value is -1.26. The first-order valence-corrected chi connectivity index (χ1v) is 8.33. The van der Waals surface area contributed by atoms with Crippen LogP contribution in [0.4, 0.5) is 0 Å². The van der Waals surface area contributed by atoms with Crippen molar-refractivity contribution in [2.45, 2.75) is 39.2 Å². The van der Waals surface area contributed by atoms with Gasteiger partial charge < -0.3 is 15.4 Å². The molecule has 1 aliphatic heterocycles. The van der Waals surface area contributed by atoms with E-state index in [1.807, 2.05) is 25.1 Å². The van der Waals surface area contributed by atoms with Crippen molar-refractivity contribution in [1.29, 1.82) is 0 Å². The zero-order chi connectivity index (χ0) is 15.9. The summed E-state index contributed by atoms with van der Waals surface area (Å²) < 4.78 is 5.65. The summed E-state index contributed by atoms with van der Waals surface area (Å²) in [6.07, 6.45) is 2.32. The fraction of sp³-hybridized carbons (Fsp3) is 0.588. The lowest BCUT2D eigenvalue weighted by atomic mass is 9.95. The Bertz CT molecular complexity index is 507. The minimum absolute atomic E-state index is 0.108. The van der Waals surface area contributed by atoms with E-state index in [2.05, 4.69) is 17.6 Å². The van der Waals surface area contributed by atoms with Crippen molar-refractivity contribution in [1.82, 2.24) is 10.6 Å². The van der Waals surface area contributed by atoms with Gasteiger partial charge in [0, 0.05) is 24.0 Å². The number of amides is 1. The third-order valence-electron chi connectivity index (χ3n) is 4.12. The Kier molecular flexibility index (Phi) is 6.52. The molecular weight excluding hydrogens is 300 g/mol. The smallest absolute Gasteiger partial charge is 0.220 e. The molecule has 1 aromatic rings. The maximum atomic E-state index is 12.0. The highest BCUT2D eigenvalue weighted by molar-refractivity contribution is 6.31. The molecule has 2 rings (SSSR count). The van der Waals surface area contributed by atoms with E-state index in [0.717, 1.165) is 35.8 Å². The molecule has 0 aliphatic carbocycles. The van der Waals surface area contributed by atoms with Crippen LogP contribution in [0.5, 0.6) is 5.75 Å². The maximum Gasteiger partial charge on any atom is 0.220 e. The SMILES string of the molecule is Cc1cc(OCCCC(=O)NC2CNCCC2C)ccc1Cl. The van der Waals surface area contributed by atoms with Crippen molar-refractivity contribution in [3.05, 3.63) is 28.8 Å². The van der Waals surface area contributed by atoms with E-state index in [1.165, 1.54) is 0 Å². The predicted octanol–water partition coefficient (Wildman–Crippen LogP) is 2.92. The number of benzene rings is 1. The summed E-state index contributed by atoms with van der Waals surface area (Å²) in [4.78, 5) is 12.0. The molecule has 1 amide bonds. The van der Waals surface area contributed by atoms with Gasteiger partial charge in [0.25, 0.3) is 0 Å². The van der Waals surface area contributed by atoms with Gasteiger partial charge in [-0.2, -0.15) is 0 Å². The normalized spacial score (nSPS) is 21.4. The van der Waals surface area contributed by atoms with Crippen LogP contribution in [-0.4, -0.2) is 31.6 Å². The molecule has 122 valence electrons. The average molecular weight is 325 g/mol. The van der Waals surface area contributed by atoms with Crippen LogP contribution >= 0.6 is 11.6 Å². The molecule has 5 heteroatoms. The number of ether oxygens (including phenoxy) is 1. The molecule has 0 aromatic heterocycles. The minimum atomic E-state index is 0.108. The van der Waals surface area contributed by atoms with Crippen molar-refractivity contribution in [3.63, 3.8) is 0 Å². The lowest BCUT2D eigenvalue weighted by Gasteiger charge is -2.30. The van der Waals surface area contributed by atoms with E-state index in [0.29, 0.717) is 25.4 Å². The number of hydrogen-bond donors (Lipinski definition) is 2. The summed E-state index contributed by atoms with van der Waals surface area (Å²) in [5.74, 6) is 1.45. The zero-order valence-corrected chi connectivity index (χ0v) is 14.1. The summed E-state index contributed by atoms with van der Waals surface area (Å²) in [6.45, 7) is 6.59. The van der Waals surface area contributed by atoms with Gasteiger partial charge in [0.1, 0.15) is 5.75 Å². The van der Waals surface area contributed by atoms with Crippen molar-refractivity contribution in [2.75, 3.05) is 19.7 Å². The van der Waals surface area contributed by atoms with E-state index in [1.54, 1.807) is 0 Å². The Morgan fingerprint density at radius 1 is 1.50 bits per heavy atom. The molecule has 1 fully saturated rings. The summed E-state index contributed by atoms with van der Waals surface area (Å²) in [5.41, 5.74) is 0.996. The van der Waals surface area contributed by atoms with Gasteiger partial charge in [0.05, 0.1) is 6.61 Å². The van der Waals surface area contributed by atoms with Gasteiger partial charge in [-0.15, -0.1) is 0 Å². The van der Waals surface area contributed by atoms with Gasteiger partial charge in [-0.05, 0) is 56.0 Å². The fourth-order valence-corrected chi connectivity index (χ4v) is 2.71. The summed E-state index contributed by atoms with van der Waals surface area (Å²) in [6, 6.07) is 5.85. The molecule has 2 N–H and O–H groups in total. The van der Waals surface area contributed by atoms with Crippen LogP contribution < -0.4 is 15.4 Å². The molecule has 4 nitrogen and oxygen atoms in total. The monoisotopic (exact) mass is 324 g/mol. The molecule has 2 unspecified atom stereocenters. The molecule has 1 aliphatic rings. The quantitative estimate of drug-likeness (QED) is 0.791. The second kappa shape index (κ2) is 8.39. The zero-order valence-electron chi connectivity index (χ0n) is 13.3. The number of halogens is 1. The van der Waals surface area contributed by atoms with Crippen LogP contribution in [0.2, 0.25) is 5.02 Å². The molecule has 1 aromatic carbocycles. The van der Waals surface area contributed by atoms with Crippen LogP contribution in [0, 0.1) is 12.8 Å². The number of carbonyl (C=O) groups excluding carboxylic acids is 1. The van der Waals surface area contributed by atoms with Gasteiger partial charge in [-0.1, -0.05) is 18.5 Å². The fourth-order valence-electron chi connectivity index (χ4n) is 2.59. The number of nitrogens with one attached hydrogen (secondary N) is 2. The molecular formula is C17H25ClN2O2. The van der Waals surface area contributed by atoms with Crippen LogP contribution in [0.15, 0.2) is 18.2 Å². The largest absolute Gasteiger partial charge is 0.494 e. The Balaban J connectivity index is 1.65. The third kappa shape index (κ3) is 5.18. The summed E-state index contributed by atoms with van der Waals surface area (Å²) >= 11 is 5.97. The maximum absolute atomic E-state index is 12.0. The third-order valence-corrected chi connectivity index (χ3v) is 4.54. The highest BCUT2D eigenvalue weighted by atomic mass is 35.5. The lowest BCUT2D eigenvalue weighted by molar-refractivity contribution is -0.122. The standard InChI is InChI=1S/C17H25ClN2O2/c1-12-7-8-19-11-16(12)20-17(21)4-3-9-22-14-5-6-15(18)13(2)10-14/h5-6,10,12,16,19H,3-4,7-9,11H2,1-2H3,(H,20,21). The first kappa shape index (κ1) is 17.1. The predicted molar refractivity (Wildman–Crippen MR) is 89.5 cm³/mol. The average Bonchev–Trinajstić information content (AvgIpc) is 2.49. The van der Waals surface area contributed by atoms with Crippen LogP contribution in [-0.2, 0) is 4.79 Å². The first-order valence-electron chi connectivity index (χ1n) is 7.95. The number of hydrogen-bond acceptors (Lipinski definition) is 3. The number of piperidine rings is 1. The molecule has 1 heterocycles. The Labute approximate surface area is 137 Å². The summed E-state index contributed by atoms with van der Waals surface area (Å²) in [7, 11) is 0.